The summed E-state index contributed by atoms with van der Waals surface area (Å²) in [4.78, 5) is 0. The fourth-order valence-corrected chi connectivity index (χ4v) is 3.87. The van der Waals surface area contributed by atoms with Crippen LogP contribution in [0.15, 0.2) is 24.3 Å². The van der Waals surface area contributed by atoms with Gasteiger partial charge in [-0.1, -0.05) is 25.0 Å². The number of aryl methyl sites for hydroxylation is 1. The lowest BCUT2D eigenvalue weighted by atomic mass is 9.88. The number of halogens is 1. The minimum Gasteiger partial charge on any atom is -0.394 e. The second kappa shape index (κ2) is 7.03. The van der Waals surface area contributed by atoms with Gasteiger partial charge in [-0.3, -0.25) is 4.68 Å². The number of aliphatic hydroxyl groups is 1. The van der Waals surface area contributed by atoms with Crippen LogP contribution in [0.4, 0.5) is 4.39 Å². The van der Waals surface area contributed by atoms with Crippen molar-refractivity contribution < 1.29 is 9.50 Å². The summed E-state index contributed by atoms with van der Waals surface area (Å²) in [5, 5.41) is 17.4. The predicted octanol–water partition coefficient (Wildman–Crippen LogP) is 3.19. The number of benzene rings is 1. The van der Waals surface area contributed by atoms with Gasteiger partial charge in [-0.25, -0.2) is 4.39 Å². The highest BCUT2D eigenvalue weighted by Crippen LogP contribution is 2.39. The molecule has 0 bridgehead atoms. The van der Waals surface area contributed by atoms with Gasteiger partial charge in [-0.05, 0) is 44.4 Å². The molecule has 24 heavy (non-hydrogen) atoms. The van der Waals surface area contributed by atoms with Gasteiger partial charge in [0.15, 0.2) is 0 Å². The van der Waals surface area contributed by atoms with Gasteiger partial charge in [0.05, 0.1) is 18.8 Å². The van der Waals surface area contributed by atoms with Gasteiger partial charge in [0.2, 0.25) is 0 Å². The molecule has 1 aliphatic carbocycles. The van der Waals surface area contributed by atoms with E-state index in [1.165, 1.54) is 24.0 Å². The highest BCUT2D eigenvalue weighted by molar-refractivity contribution is 5.29. The van der Waals surface area contributed by atoms with E-state index in [0.717, 1.165) is 30.8 Å². The summed E-state index contributed by atoms with van der Waals surface area (Å²) in [5.74, 6) is -0.191. The third kappa shape index (κ3) is 3.23. The minimum absolute atomic E-state index is 0.0777. The van der Waals surface area contributed by atoms with E-state index in [1.54, 1.807) is 12.1 Å². The second-order valence-electron chi connectivity index (χ2n) is 6.75. The average Bonchev–Trinajstić information content (AvgIpc) is 3.14. The van der Waals surface area contributed by atoms with E-state index in [1.807, 2.05) is 30.7 Å². The lowest BCUT2D eigenvalue weighted by molar-refractivity contribution is 0.267. The molecule has 3 rings (SSSR count). The maximum Gasteiger partial charge on any atom is 0.123 e. The maximum absolute atomic E-state index is 13.3. The zero-order valence-electron chi connectivity index (χ0n) is 14.5. The number of rotatable bonds is 6. The maximum atomic E-state index is 13.3. The summed E-state index contributed by atoms with van der Waals surface area (Å²) in [5.41, 5.74) is 4.38. The first kappa shape index (κ1) is 17.1. The van der Waals surface area contributed by atoms with Gasteiger partial charge in [0, 0.05) is 23.3 Å². The normalized spacial score (nSPS) is 16.7. The smallest absolute Gasteiger partial charge is 0.123 e. The van der Waals surface area contributed by atoms with E-state index in [-0.39, 0.29) is 18.0 Å². The van der Waals surface area contributed by atoms with Crippen molar-refractivity contribution >= 4 is 0 Å². The van der Waals surface area contributed by atoms with Crippen LogP contribution in [-0.2, 0) is 18.6 Å². The summed E-state index contributed by atoms with van der Waals surface area (Å²) in [6, 6.07) is 6.91. The van der Waals surface area contributed by atoms with Crippen molar-refractivity contribution in [3.63, 3.8) is 0 Å². The van der Waals surface area contributed by atoms with E-state index < -0.39 is 0 Å². The van der Waals surface area contributed by atoms with Crippen molar-refractivity contribution in [3.05, 3.63) is 52.6 Å². The Hall–Kier alpha value is -1.72. The van der Waals surface area contributed by atoms with Crippen LogP contribution in [0.2, 0.25) is 0 Å². The zero-order valence-corrected chi connectivity index (χ0v) is 14.5. The van der Waals surface area contributed by atoms with Gasteiger partial charge >= 0.3 is 0 Å². The fourth-order valence-electron chi connectivity index (χ4n) is 3.87. The van der Waals surface area contributed by atoms with Crippen LogP contribution < -0.4 is 5.32 Å². The van der Waals surface area contributed by atoms with Crippen molar-refractivity contribution in [1.82, 2.24) is 15.1 Å². The van der Waals surface area contributed by atoms with Crippen molar-refractivity contribution in [2.75, 3.05) is 6.61 Å². The molecule has 0 saturated heterocycles. The van der Waals surface area contributed by atoms with Gasteiger partial charge < -0.3 is 10.4 Å². The molecule has 2 aromatic rings. The first-order chi connectivity index (χ1) is 11.6. The van der Waals surface area contributed by atoms with Crippen LogP contribution in [0.1, 0.15) is 48.2 Å². The molecule has 130 valence electrons. The SMILES string of the molecule is Cc1nn(CCO)c(C)c1CNC1(c2ccc(F)cc2)CCCC1. The van der Waals surface area contributed by atoms with Crippen molar-refractivity contribution in [3.8, 4) is 0 Å². The van der Waals surface area contributed by atoms with E-state index >= 15 is 0 Å². The number of aromatic nitrogens is 2. The summed E-state index contributed by atoms with van der Waals surface area (Å²) >= 11 is 0. The van der Waals surface area contributed by atoms with Crippen LogP contribution >= 0.6 is 0 Å². The molecular formula is C19H26FN3O. The molecule has 1 aliphatic rings. The topological polar surface area (TPSA) is 50.1 Å². The van der Waals surface area contributed by atoms with Crippen molar-refractivity contribution in [2.45, 2.75) is 58.2 Å². The van der Waals surface area contributed by atoms with E-state index in [4.69, 9.17) is 5.11 Å². The molecule has 4 nitrogen and oxygen atoms in total. The van der Waals surface area contributed by atoms with Gasteiger partial charge in [-0.2, -0.15) is 5.10 Å². The Kier molecular flexibility index (Phi) is 5.01. The largest absolute Gasteiger partial charge is 0.394 e. The molecule has 0 aliphatic heterocycles. The van der Waals surface area contributed by atoms with E-state index in [9.17, 15) is 4.39 Å². The molecule has 0 radical (unpaired) electrons. The molecule has 2 N–H and O–H groups in total. The molecule has 0 amide bonds. The average molecular weight is 331 g/mol. The van der Waals surface area contributed by atoms with Crippen LogP contribution in [0.3, 0.4) is 0 Å². The first-order valence-electron chi connectivity index (χ1n) is 8.70. The lowest BCUT2D eigenvalue weighted by Crippen LogP contribution is -2.39. The van der Waals surface area contributed by atoms with Gasteiger partial charge in [0.25, 0.3) is 0 Å². The molecule has 1 saturated carbocycles. The highest BCUT2D eigenvalue weighted by Gasteiger charge is 2.35. The number of hydrogen-bond donors (Lipinski definition) is 2. The standard InChI is InChI=1S/C19H26FN3O/c1-14-18(15(2)23(22-14)11-12-24)13-21-19(9-3-4-10-19)16-5-7-17(20)8-6-16/h5-8,21,24H,3-4,9-13H2,1-2H3. The zero-order chi connectivity index (χ0) is 17.2. The monoisotopic (exact) mass is 331 g/mol. The summed E-state index contributed by atoms with van der Waals surface area (Å²) < 4.78 is 15.1. The Morgan fingerprint density at radius 2 is 1.88 bits per heavy atom. The number of nitrogens with one attached hydrogen (secondary N) is 1. The summed E-state index contributed by atoms with van der Waals surface area (Å²) in [7, 11) is 0. The Balaban J connectivity index is 1.82. The number of hydrogen-bond acceptors (Lipinski definition) is 3. The third-order valence-corrected chi connectivity index (χ3v) is 5.30. The Labute approximate surface area is 142 Å². The lowest BCUT2D eigenvalue weighted by Gasteiger charge is -2.31. The molecule has 5 heteroatoms. The predicted molar refractivity (Wildman–Crippen MR) is 92.2 cm³/mol. The van der Waals surface area contributed by atoms with Crippen LogP contribution in [0.5, 0.6) is 0 Å². The minimum atomic E-state index is -0.191. The highest BCUT2D eigenvalue weighted by atomic mass is 19.1. The molecular weight excluding hydrogens is 305 g/mol. The summed E-state index contributed by atoms with van der Waals surface area (Å²) in [6.45, 7) is 5.41. The molecule has 1 aromatic heterocycles. The number of nitrogens with zero attached hydrogens (tertiary/aromatic N) is 2. The van der Waals surface area contributed by atoms with Crippen LogP contribution in [0, 0.1) is 19.7 Å². The Morgan fingerprint density at radius 1 is 1.21 bits per heavy atom. The van der Waals surface area contributed by atoms with Gasteiger partial charge in [0.1, 0.15) is 5.82 Å². The first-order valence-corrected chi connectivity index (χ1v) is 8.70. The molecule has 0 unspecified atom stereocenters. The fraction of sp³-hybridized carbons (Fsp3) is 0.526. The third-order valence-electron chi connectivity index (χ3n) is 5.30. The number of aliphatic hydroxyl groups excluding tert-OH is 1. The molecule has 1 aromatic carbocycles. The van der Waals surface area contributed by atoms with Crippen molar-refractivity contribution in [2.24, 2.45) is 0 Å². The van der Waals surface area contributed by atoms with E-state index in [2.05, 4.69) is 10.4 Å². The Bertz CT molecular complexity index is 687. The van der Waals surface area contributed by atoms with Crippen molar-refractivity contribution in [1.29, 1.82) is 0 Å². The molecule has 0 atom stereocenters. The molecule has 0 spiro atoms. The quantitative estimate of drug-likeness (QED) is 0.855. The molecule has 1 fully saturated rings. The summed E-state index contributed by atoms with van der Waals surface area (Å²) in [6.07, 6.45) is 4.52. The molecule has 1 heterocycles. The van der Waals surface area contributed by atoms with Gasteiger partial charge in [-0.15, -0.1) is 0 Å². The van der Waals surface area contributed by atoms with Crippen LogP contribution in [-0.4, -0.2) is 21.5 Å². The van der Waals surface area contributed by atoms with Crippen LogP contribution in [0.25, 0.3) is 0 Å². The Morgan fingerprint density at radius 3 is 2.50 bits per heavy atom. The second-order valence-corrected chi connectivity index (χ2v) is 6.75. The van der Waals surface area contributed by atoms with E-state index in [0.29, 0.717) is 6.54 Å².